The van der Waals surface area contributed by atoms with Crippen LogP contribution in [0.25, 0.3) is 0 Å². The zero-order chi connectivity index (χ0) is 12.2. The van der Waals surface area contributed by atoms with Crippen molar-refractivity contribution >= 4 is 10.0 Å². The van der Waals surface area contributed by atoms with Crippen LogP contribution in [0.2, 0.25) is 0 Å². The third kappa shape index (κ3) is 3.53. The molecule has 0 aromatic heterocycles. The van der Waals surface area contributed by atoms with Gasteiger partial charge in [-0.2, -0.15) is 15.3 Å². The summed E-state index contributed by atoms with van der Waals surface area (Å²) in [5.74, 6) is 3.81. The first-order valence-corrected chi connectivity index (χ1v) is 7.61. The van der Waals surface area contributed by atoms with Gasteiger partial charge in [-0.3, -0.25) is 0 Å². The molecule has 16 heavy (non-hydrogen) atoms. The van der Waals surface area contributed by atoms with Gasteiger partial charge in [0.2, 0.25) is 0 Å². The fraction of sp³-hybridized carbons (Fsp3) is 0.308. The van der Waals surface area contributed by atoms with Crippen LogP contribution in [0.15, 0.2) is 18.2 Å². The minimum absolute atomic E-state index is 0.606. The van der Waals surface area contributed by atoms with Crippen LogP contribution in [0, 0.1) is 22.5 Å². The summed E-state index contributed by atoms with van der Waals surface area (Å²) in [4.78, 5) is 0. The standard InChI is InChI=1S/C13H15NOS/c1-15-13-6-5-11(10-14)9-12(13)7-8-16(2,3)4/h5-6,9H,1-4H3. The fourth-order valence-electron chi connectivity index (χ4n) is 1.08. The molecule has 0 heterocycles. The molecule has 0 unspecified atom stereocenters. The Labute approximate surface area is 98.6 Å². The van der Waals surface area contributed by atoms with E-state index in [4.69, 9.17) is 10.00 Å². The maximum Gasteiger partial charge on any atom is 0.134 e. The van der Waals surface area contributed by atoms with Gasteiger partial charge in [0.1, 0.15) is 5.75 Å². The predicted octanol–water partition coefficient (Wildman–Crippen LogP) is 2.57. The average Bonchev–Trinajstić information content (AvgIpc) is 2.25. The van der Waals surface area contributed by atoms with Crippen molar-refractivity contribution in [1.82, 2.24) is 0 Å². The first-order valence-electron chi connectivity index (χ1n) is 4.75. The van der Waals surface area contributed by atoms with Crippen molar-refractivity contribution in [3.63, 3.8) is 0 Å². The summed E-state index contributed by atoms with van der Waals surface area (Å²) in [5.41, 5.74) is 1.39. The lowest BCUT2D eigenvalue weighted by atomic mass is 10.1. The minimum atomic E-state index is -0.866. The largest absolute Gasteiger partial charge is 0.495 e. The van der Waals surface area contributed by atoms with Crippen molar-refractivity contribution in [1.29, 1.82) is 5.26 Å². The van der Waals surface area contributed by atoms with Gasteiger partial charge in [-0.15, -0.1) is 0 Å². The van der Waals surface area contributed by atoms with E-state index in [1.165, 1.54) is 0 Å². The van der Waals surface area contributed by atoms with Gasteiger partial charge in [0, 0.05) is 0 Å². The summed E-state index contributed by atoms with van der Waals surface area (Å²) in [7, 11) is 0.741. The Bertz CT molecular complexity index is 483. The molecule has 0 fully saturated rings. The van der Waals surface area contributed by atoms with Crippen LogP contribution in [0.4, 0.5) is 0 Å². The predicted molar refractivity (Wildman–Crippen MR) is 70.0 cm³/mol. The van der Waals surface area contributed by atoms with Gasteiger partial charge >= 0.3 is 0 Å². The van der Waals surface area contributed by atoms with E-state index < -0.39 is 10.0 Å². The molecule has 1 aromatic rings. The van der Waals surface area contributed by atoms with Gasteiger partial charge in [-0.05, 0) is 42.2 Å². The zero-order valence-corrected chi connectivity index (χ0v) is 10.8. The topological polar surface area (TPSA) is 33.0 Å². The maximum absolute atomic E-state index is 8.82. The Kier molecular flexibility index (Phi) is 3.88. The number of hydrogen-bond donors (Lipinski definition) is 0. The number of methoxy groups -OCH3 is 1. The molecule has 0 saturated carbocycles. The summed E-state index contributed by atoms with van der Waals surface area (Å²) in [6.07, 6.45) is 6.38. The molecule has 0 amide bonds. The lowest BCUT2D eigenvalue weighted by molar-refractivity contribution is 0.413. The minimum Gasteiger partial charge on any atom is -0.495 e. The number of nitrogens with zero attached hydrogens (tertiary/aromatic N) is 1. The van der Waals surface area contributed by atoms with E-state index >= 15 is 0 Å². The SMILES string of the molecule is COc1ccc(C#N)cc1C#CS(C)(C)C. The summed E-state index contributed by atoms with van der Waals surface area (Å²) < 4.78 is 5.21. The van der Waals surface area contributed by atoms with E-state index in [-0.39, 0.29) is 0 Å². The molecule has 0 aliphatic heterocycles. The second-order valence-electron chi connectivity index (χ2n) is 4.09. The van der Waals surface area contributed by atoms with Crippen LogP contribution in [-0.4, -0.2) is 25.9 Å². The highest BCUT2D eigenvalue weighted by Crippen LogP contribution is 2.32. The molecule has 0 atom stereocenters. The molecule has 1 aromatic carbocycles. The first-order chi connectivity index (χ1) is 7.46. The number of benzene rings is 1. The Hall–Kier alpha value is -1.58. The summed E-state index contributed by atoms with van der Waals surface area (Å²) in [6, 6.07) is 7.37. The van der Waals surface area contributed by atoms with Crippen molar-refractivity contribution in [2.45, 2.75) is 0 Å². The average molecular weight is 233 g/mol. The van der Waals surface area contributed by atoms with E-state index in [1.807, 2.05) is 0 Å². The molecular weight excluding hydrogens is 218 g/mol. The molecule has 3 heteroatoms. The van der Waals surface area contributed by atoms with Gasteiger partial charge in [-0.25, -0.2) is 0 Å². The molecule has 2 nitrogen and oxygen atoms in total. The van der Waals surface area contributed by atoms with Crippen molar-refractivity contribution in [2.75, 3.05) is 25.9 Å². The zero-order valence-electron chi connectivity index (χ0n) is 10.00. The van der Waals surface area contributed by atoms with Gasteiger partial charge in [-0.1, -0.05) is 5.92 Å². The number of ether oxygens (including phenoxy) is 1. The van der Waals surface area contributed by atoms with E-state index in [0.717, 1.165) is 11.3 Å². The lowest BCUT2D eigenvalue weighted by Gasteiger charge is -2.15. The van der Waals surface area contributed by atoms with Crippen LogP contribution in [-0.2, 0) is 0 Å². The third-order valence-corrected chi connectivity index (χ3v) is 2.53. The van der Waals surface area contributed by atoms with Crippen LogP contribution in [0.1, 0.15) is 11.1 Å². The molecule has 0 aliphatic carbocycles. The second kappa shape index (κ2) is 4.96. The Morgan fingerprint density at radius 3 is 2.44 bits per heavy atom. The van der Waals surface area contributed by atoms with Crippen molar-refractivity contribution in [3.8, 4) is 23.0 Å². The van der Waals surface area contributed by atoms with Crippen LogP contribution in [0.5, 0.6) is 5.75 Å². The van der Waals surface area contributed by atoms with Gasteiger partial charge < -0.3 is 4.74 Å². The highest BCUT2D eigenvalue weighted by atomic mass is 32.3. The highest BCUT2D eigenvalue weighted by Gasteiger charge is 2.02. The molecule has 0 spiro atoms. The normalized spacial score (nSPS) is 10.9. The van der Waals surface area contributed by atoms with Gasteiger partial charge in [0.25, 0.3) is 0 Å². The smallest absolute Gasteiger partial charge is 0.134 e. The summed E-state index contributed by atoms with van der Waals surface area (Å²) in [6.45, 7) is 0. The van der Waals surface area contributed by atoms with Crippen molar-refractivity contribution in [2.24, 2.45) is 0 Å². The van der Waals surface area contributed by atoms with Crippen molar-refractivity contribution < 1.29 is 4.74 Å². The molecule has 0 N–H and O–H groups in total. The molecular formula is C13H15NOS. The Morgan fingerprint density at radius 1 is 1.25 bits per heavy atom. The first kappa shape index (κ1) is 12.5. The maximum atomic E-state index is 8.82. The molecule has 0 radical (unpaired) electrons. The molecule has 1 rings (SSSR count). The van der Waals surface area contributed by atoms with Crippen molar-refractivity contribution in [3.05, 3.63) is 29.3 Å². The van der Waals surface area contributed by atoms with Gasteiger partial charge in [0.15, 0.2) is 0 Å². The quantitative estimate of drug-likeness (QED) is 0.698. The molecule has 0 aliphatic rings. The summed E-state index contributed by atoms with van der Waals surface area (Å²) in [5, 5.41) is 12.0. The number of hydrogen-bond acceptors (Lipinski definition) is 2. The third-order valence-electron chi connectivity index (χ3n) is 1.82. The lowest BCUT2D eigenvalue weighted by Crippen LogP contribution is -1.90. The van der Waals surface area contributed by atoms with E-state index in [9.17, 15) is 0 Å². The van der Waals surface area contributed by atoms with E-state index in [2.05, 4.69) is 36.0 Å². The monoisotopic (exact) mass is 233 g/mol. The molecule has 0 bridgehead atoms. The summed E-state index contributed by atoms with van der Waals surface area (Å²) >= 11 is 0. The van der Waals surface area contributed by atoms with E-state index in [0.29, 0.717) is 5.56 Å². The van der Waals surface area contributed by atoms with Crippen LogP contribution >= 0.6 is 10.0 Å². The van der Waals surface area contributed by atoms with Gasteiger partial charge in [0.05, 0.1) is 24.3 Å². The second-order valence-corrected chi connectivity index (χ2v) is 7.97. The van der Waals surface area contributed by atoms with E-state index in [1.54, 1.807) is 25.3 Å². The number of rotatable bonds is 1. The highest BCUT2D eigenvalue weighted by molar-refractivity contribution is 8.35. The van der Waals surface area contributed by atoms with Crippen LogP contribution in [0.3, 0.4) is 0 Å². The Morgan fingerprint density at radius 2 is 1.94 bits per heavy atom. The van der Waals surface area contributed by atoms with Crippen LogP contribution < -0.4 is 4.74 Å². The number of nitriles is 1. The Balaban J connectivity index is 3.19. The molecule has 0 saturated heterocycles. The fourth-order valence-corrected chi connectivity index (χ4v) is 1.50. The molecule has 84 valence electrons.